The molecule has 1 atom stereocenters. The Kier molecular flexibility index (Phi) is 4.08. The zero-order chi connectivity index (χ0) is 11.4. The Morgan fingerprint density at radius 2 is 2.20 bits per heavy atom. The minimum Gasteiger partial charge on any atom is -0.368 e. The number of hydrogen-bond acceptors (Lipinski definition) is 3. The molecule has 1 rings (SSSR count). The number of nitrogens with two attached hydrogens (primary N) is 1. The molecule has 1 aliphatic heterocycles. The van der Waals surface area contributed by atoms with Crippen molar-refractivity contribution in [3.05, 3.63) is 0 Å². The van der Waals surface area contributed by atoms with Crippen LogP contribution in [0.4, 0.5) is 0 Å². The normalized spacial score (nSPS) is 20.6. The molecule has 0 saturated carbocycles. The molecule has 1 heterocycles. The van der Waals surface area contributed by atoms with E-state index in [4.69, 9.17) is 5.73 Å². The van der Waals surface area contributed by atoms with Crippen molar-refractivity contribution in [1.29, 1.82) is 0 Å². The maximum atomic E-state index is 12.0. The van der Waals surface area contributed by atoms with Crippen LogP contribution in [0.1, 0.15) is 20.3 Å². The third-order valence-corrected chi connectivity index (χ3v) is 2.64. The van der Waals surface area contributed by atoms with Gasteiger partial charge in [-0.1, -0.05) is 0 Å². The van der Waals surface area contributed by atoms with Crippen LogP contribution in [0.2, 0.25) is 0 Å². The quantitative estimate of drug-likeness (QED) is 0.649. The average Bonchev–Trinajstić information content (AvgIpc) is 2.65. The Balaban J connectivity index is 2.61. The fraction of sp³-hybridized carbons (Fsp3) is 0.800. The lowest BCUT2D eigenvalue weighted by Crippen LogP contribution is -2.46. The summed E-state index contributed by atoms with van der Waals surface area (Å²) in [5.41, 5.74) is 5.12. The first-order valence-corrected chi connectivity index (χ1v) is 5.32. The van der Waals surface area contributed by atoms with Crippen LogP contribution < -0.4 is 11.1 Å². The summed E-state index contributed by atoms with van der Waals surface area (Å²) in [6, 6.07) is 0.0191. The van der Waals surface area contributed by atoms with Gasteiger partial charge in [0.2, 0.25) is 11.8 Å². The van der Waals surface area contributed by atoms with Crippen LogP contribution in [0.15, 0.2) is 0 Å². The van der Waals surface area contributed by atoms with Gasteiger partial charge in [0.25, 0.3) is 0 Å². The van der Waals surface area contributed by atoms with Gasteiger partial charge < -0.3 is 16.0 Å². The number of nitrogens with one attached hydrogen (secondary N) is 1. The molecule has 5 nitrogen and oxygen atoms in total. The molecule has 0 aromatic rings. The van der Waals surface area contributed by atoms with Gasteiger partial charge in [0.05, 0.1) is 12.5 Å². The summed E-state index contributed by atoms with van der Waals surface area (Å²) in [5.74, 6) is -0.413. The zero-order valence-electron chi connectivity index (χ0n) is 9.32. The van der Waals surface area contributed by atoms with Gasteiger partial charge in [-0.15, -0.1) is 0 Å². The second kappa shape index (κ2) is 5.11. The van der Waals surface area contributed by atoms with Crippen molar-refractivity contribution in [3.8, 4) is 0 Å². The maximum absolute atomic E-state index is 12.0. The molecule has 0 aromatic heterocycles. The average molecular weight is 213 g/mol. The topological polar surface area (TPSA) is 75.4 Å². The van der Waals surface area contributed by atoms with Crippen LogP contribution in [-0.4, -0.2) is 42.4 Å². The van der Waals surface area contributed by atoms with Crippen LogP contribution in [0.5, 0.6) is 0 Å². The van der Waals surface area contributed by atoms with E-state index in [-0.39, 0.29) is 24.4 Å². The highest BCUT2D eigenvalue weighted by molar-refractivity contribution is 5.85. The van der Waals surface area contributed by atoms with Crippen LogP contribution in [0.3, 0.4) is 0 Å². The van der Waals surface area contributed by atoms with Crippen molar-refractivity contribution in [2.24, 2.45) is 11.7 Å². The first-order valence-electron chi connectivity index (χ1n) is 5.32. The molecule has 3 N–H and O–H groups in total. The van der Waals surface area contributed by atoms with E-state index >= 15 is 0 Å². The van der Waals surface area contributed by atoms with Crippen molar-refractivity contribution >= 4 is 11.8 Å². The first kappa shape index (κ1) is 12.0. The number of amides is 2. The van der Waals surface area contributed by atoms with Gasteiger partial charge in [0.15, 0.2) is 0 Å². The van der Waals surface area contributed by atoms with Crippen molar-refractivity contribution in [2.45, 2.75) is 26.3 Å². The van der Waals surface area contributed by atoms with Gasteiger partial charge in [-0.25, -0.2) is 0 Å². The van der Waals surface area contributed by atoms with Crippen molar-refractivity contribution in [1.82, 2.24) is 10.2 Å². The molecule has 0 bridgehead atoms. The predicted octanol–water partition coefficient (Wildman–Crippen LogP) is -0.682. The summed E-state index contributed by atoms with van der Waals surface area (Å²) in [5, 5.41) is 3.14. The molecule has 2 amide bonds. The third kappa shape index (κ3) is 3.20. The molecule has 0 spiro atoms. The lowest BCUT2D eigenvalue weighted by atomic mass is 10.1. The van der Waals surface area contributed by atoms with Crippen LogP contribution >= 0.6 is 0 Å². The van der Waals surface area contributed by atoms with E-state index in [1.165, 1.54) is 0 Å². The minimum atomic E-state index is -0.456. The summed E-state index contributed by atoms with van der Waals surface area (Å²) in [6.07, 6.45) is 0.848. The summed E-state index contributed by atoms with van der Waals surface area (Å²) in [4.78, 5) is 24.4. The molecule has 86 valence electrons. The molecule has 1 fully saturated rings. The second-order valence-electron chi connectivity index (χ2n) is 4.22. The van der Waals surface area contributed by atoms with E-state index in [0.717, 1.165) is 13.0 Å². The van der Waals surface area contributed by atoms with E-state index in [2.05, 4.69) is 5.32 Å². The first-order chi connectivity index (χ1) is 7.02. The van der Waals surface area contributed by atoms with Crippen molar-refractivity contribution < 1.29 is 9.59 Å². The smallest absolute Gasteiger partial charge is 0.237 e. The van der Waals surface area contributed by atoms with Crippen molar-refractivity contribution in [3.63, 3.8) is 0 Å². The molecule has 0 aliphatic carbocycles. The van der Waals surface area contributed by atoms with Crippen LogP contribution in [0.25, 0.3) is 0 Å². The number of carbonyl (C=O) groups is 2. The van der Waals surface area contributed by atoms with Gasteiger partial charge >= 0.3 is 0 Å². The summed E-state index contributed by atoms with van der Waals surface area (Å²) >= 11 is 0. The lowest BCUT2D eigenvalue weighted by Gasteiger charge is -2.27. The Morgan fingerprint density at radius 1 is 1.53 bits per heavy atom. The maximum Gasteiger partial charge on any atom is 0.237 e. The van der Waals surface area contributed by atoms with Crippen LogP contribution in [-0.2, 0) is 9.59 Å². The number of primary amides is 1. The molecular weight excluding hydrogens is 194 g/mol. The number of nitrogens with zero attached hydrogens (tertiary/aromatic N) is 1. The number of rotatable bonds is 4. The van der Waals surface area contributed by atoms with E-state index in [9.17, 15) is 9.59 Å². The SMILES string of the molecule is CC(C)N(CC(N)=O)C(=O)C1CCNC1. The number of hydrogen-bond donors (Lipinski definition) is 2. The highest BCUT2D eigenvalue weighted by Crippen LogP contribution is 2.13. The predicted molar refractivity (Wildman–Crippen MR) is 57.0 cm³/mol. The Bertz CT molecular complexity index is 247. The molecule has 0 aromatic carbocycles. The zero-order valence-corrected chi connectivity index (χ0v) is 9.32. The van der Waals surface area contributed by atoms with Gasteiger partial charge in [-0.05, 0) is 26.8 Å². The summed E-state index contributed by atoms with van der Waals surface area (Å²) in [6.45, 7) is 5.39. The molecule has 0 radical (unpaired) electrons. The molecule has 5 heteroatoms. The van der Waals surface area contributed by atoms with Gasteiger partial charge in [-0.2, -0.15) is 0 Å². The highest BCUT2D eigenvalue weighted by atomic mass is 16.2. The Labute approximate surface area is 90.0 Å². The molecule has 1 aliphatic rings. The molecule has 1 unspecified atom stereocenters. The third-order valence-electron chi connectivity index (χ3n) is 2.64. The Morgan fingerprint density at radius 3 is 2.60 bits per heavy atom. The molecular formula is C10H19N3O2. The van der Waals surface area contributed by atoms with Crippen LogP contribution in [0, 0.1) is 5.92 Å². The van der Waals surface area contributed by atoms with Crippen molar-refractivity contribution in [2.75, 3.05) is 19.6 Å². The Hall–Kier alpha value is -1.10. The van der Waals surface area contributed by atoms with Gasteiger partial charge in [-0.3, -0.25) is 9.59 Å². The highest BCUT2D eigenvalue weighted by Gasteiger charge is 2.29. The standard InChI is InChI=1S/C10H19N3O2/c1-7(2)13(6-9(11)14)10(15)8-3-4-12-5-8/h7-8,12H,3-6H2,1-2H3,(H2,11,14). The van der Waals surface area contributed by atoms with E-state index in [1.54, 1.807) is 4.90 Å². The van der Waals surface area contributed by atoms with E-state index in [0.29, 0.717) is 6.54 Å². The lowest BCUT2D eigenvalue weighted by molar-refractivity contribution is -0.140. The van der Waals surface area contributed by atoms with Gasteiger partial charge in [0.1, 0.15) is 0 Å². The number of carbonyl (C=O) groups excluding carboxylic acids is 2. The van der Waals surface area contributed by atoms with E-state index < -0.39 is 5.91 Å². The monoisotopic (exact) mass is 213 g/mol. The summed E-state index contributed by atoms with van der Waals surface area (Å²) in [7, 11) is 0. The largest absolute Gasteiger partial charge is 0.368 e. The molecule has 1 saturated heterocycles. The molecule has 15 heavy (non-hydrogen) atoms. The fourth-order valence-electron chi connectivity index (χ4n) is 1.78. The van der Waals surface area contributed by atoms with E-state index in [1.807, 2.05) is 13.8 Å². The van der Waals surface area contributed by atoms with Gasteiger partial charge in [0, 0.05) is 12.6 Å². The summed E-state index contributed by atoms with van der Waals surface area (Å²) < 4.78 is 0. The minimum absolute atomic E-state index is 0.00625. The second-order valence-corrected chi connectivity index (χ2v) is 4.22. The fourth-order valence-corrected chi connectivity index (χ4v) is 1.78.